The van der Waals surface area contributed by atoms with Crippen LogP contribution in [0.15, 0.2) is 73.1 Å². The molecular weight excluding hydrogens is 484 g/mol. The highest BCUT2D eigenvalue weighted by Crippen LogP contribution is 2.39. The minimum absolute atomic E-state index is 0.271. The third kappa shape index (κ3) is 5.95. The number of ether oxygens (including phenoxy) is 3. The number of rotatable bonds is 6. The number of carbonyl (C=O) groups is 2. The molecule has 0 aliphatic rings. The van der Waals surface area contributed by atoms with Crippen molar-refractivity contribution in [3.63, 3.8) is 0 Å². The van der Waals surface area contributed by atoms with Crippen LogP contribution in [0.3, 0.4) is 0 Å². The first-order valence-electron chi connectivity index (χ1n) is 11.9. The summed E-state index contributed by atoms with van der Waals surface area (Å²) in [6.45, 7) is 6.09. The third-order valence-electron chi connectivity index (χ3n) is 5.84. The molecular formula is C29H30N4O5. The molecule has 38 heavy (non-hydrogen) atoms. The van der Waals surface area contributed by atoms with Gasteiger partial charge in [0, 0.05) is 23.2 Å². The molecule has 0 saturated heterocycles. The highest BCUT2D eigenvalue weighted by molar-refractivity contribution is 6.08. The minimum Gasteiger partial charge on any atom is -0.492 e. The molecule has 1 heterocycles. The zero-order valence-corrected chi connectivity index (χ0v) is 21.9. The van der Waals surface area contributed by atoms with E-state index in [1.54, 1.807) is 42.7 Å². The lowest BCUT2D eigenvalue weighted by atomic mass is 9.86. The number of amides is 3. The van der Waals surface area contributed by atoms with E-state index in [-0.39, 0.29) is 5.41 Å². The number of benzene rings is 3. The molecule has 196 valence electrons. The predicted octanol–water partition coefficient (Wildman–Crippen LogP) is 7.16. The van der Waals surface area contributed by atoms with Gasteiger partial charge in [-0.15, -0.1) is 0 Å². The average molecular weight is 515 g/mol. The van der Waals surface area contributed by atoms with E-state index in [4.69, 9.17) is 14.2 Å². The van der Waals surface area contributed by atoms with E-state index in [0.29, 0.717) is 34.3 Å². The maximum atomic E-state index is 13.2. The maximum Gasteiger partial charge on any atom is 0.411 e. The van der Waals surface area contributed by atoms with Crippen LogP contribution >= 0.6 is 0 Å². The van der Waals surface area contributed by atoms with Crippen molar-refractivity contribution in [2.24, 2.45) is 0 Å². The number of methoxy groups -OCH3 is 2. The average Bonchev–Trinajstić information content (AvgIpc) is 2.90. The second-order valence-corrected chi connectivity index (χ2v) is 9.49. The molecule has 3 N–H and O–H groups in total. The zero-order valence-electron chi connectivity index (χ0n) is 21.9. The van der Waals surface area contributed by atoms with Gasteiger partial charge in [0.25, 0.3) is 0 Å². The van der Waals surface area contributed by atoms with Crippen LogP contribution in [0.5, 0.6) is 17.2 Å². The number of pyridine rings is 1. The molecule has 0 atom stereocenters. The lowest BCUT2D eigenvalue weighted by Crippen LogP contribution is -2.22. The van der Waals surface area contributed by atoms with E-state index in [1.807, 2.05) is 51.1 Å². The lowest BCUT2D eigenvalue weighted by Gasteiger charge is -2.24. The Kier molecular flexibility index (Phi) is 7.66. The number of carbonyl (C=O) groups excluding carboxylic acids is 2. The zero-order chi connectivity index (χ0) is 27.3. The fraction of sp³-hybridized carbons (Fsp3) is 0.207. The van der Waals surface area contributed by atoms with Gasteiger partial charge in [-0.2, -0.15) is 0 Å². The molecule has 0 saturated carbocycles. The Morgan fingerprint density at radius 3 is 2.05 bits per heavy atom. The molecule has 0 fully saturated rings. The summed E-state index contributed by atoms with van der Waals surface area (Å²) < 4.78 is 16.3. The van der Waals surface area contributed by atoms with Crippen LogP contribution in [0.2, 0.25) is 0 Å². The Morgan fingerprint density at radius 2 is 1.42 bits per heavy atom. The Balaban J connectivity index is 1.64. The second kappa shape index (κ2) is 11.1. The number of nitrogens with one attached hydrogen (secondary N) is 3. The first kappa shape index (κ1) is 26.3. The van der Waals surface area contributed by atoms with Crippen molar-refractivity contribution in [2.45, 2.75) is 26.2 Å². The summed E-state index contributed by atoms with van der Waals surface area (Å²) >= 11 is 0. The van der Waals surface area contributed by atoms with Crippen molar-refractivity contribution in [1.82, 2.24) is 4.98 Å². The predicted molar refractivity (Wildman–Crippen MR) is 149 cm³/mol. The van der Waals surface area contributed by atoms with Gasteiger partial charge in [-0.05, 0) is 47.4 Å². The monoisotopic (exact) mass is 514 g/mol. The normalized spacial score (nSPS) is 11.0. The Bertz CT molecular complexity index is 1470. The van der Waals surface area contributed by atoms with Crippen LogP contribution in [-0.4, -0.2) is 31.3 Å². The molecule has 0 radical (unpaired) electrons. The van der Waals surface area contributed by atoms with E-state index in [2.05, 4.69) is 20.9 Å². The van der Waals surface area contributed by atoms with Crippen molar-refractivity contribution < 1.29 is 23.8 Å². The molecule has 0 spiro atoms. The summed E-state index contributed by atoms with van der Waals surface area (Å²) in [5, 5.41) is 10.1. The fourth-order valence-electron chi connectivity index (χ4n) is 3.91. The van der Waals surface area contributed by atoms with Gasteiger partial charge < -0.3 is 24.8 Å². The van der Waals surface area contributed by atoms with Gasteiger partial charge >= 0.3 is 12.1 Å². The van der Waals surface area contributed by atoms with Crippen LogP contribution < -0.4 is 25.4 Å². The number of fused-ring (bicyclic) bond motifs is 1. The van der Waals surface area contributed by atoms with E-state index >= 15 is 0 Å². The molecule has 3 aromatic carbocycles. The summed E-state index contributed by atoms with van der Waals surface area (Å²) in [5.74, 6) is 1.60. The Hall–Kier alpha value is -4.79. The van der Waals surface area contributed by atoms with Crippen molar-refractivity contribution in [3.05, 3.63) is 78.6 Å². The van der Waals surface area contributed by atoms with Crippen LogP contribution in [0.25, 0.3) is 10.8 Å². The van der Waals surface area contributed by atoms with Gasteiger partial charge in [-0.1, -0.05) is 45.0 Å². The quantitative estimate of drug-likeness (QED) is 0.252. The van der Waals surface area contributed by atoms with Crippen LogP contribution in [0.1, 0.15) is 26.3 Å². The Labute approximate surface area is 221 Å². The van der Waals surface area contributed by atoms with Crippen molar-refractivity contribution in [1.29, 1.82) is 0 Å². The molecule has 9 nitrogen and oxygen atoms in total. The summed E-state index contributed by atoms with van der Waals surface area (Å²) in [5.41, 5.74) is 1.98. The number of nitrogens with zero attached hydrogens (tertiary/aromatic N) is 1. The molecule has 3 amide bonds. The summed E-state index contributed by atoms with van der Waals surface area (Å²) in [7, 11) is 2.74. The molecule has 0 aliphatic heterocycles. The molecule has 4 aromatic rings. The smallest absolute Gasteiger partial charge is 0.411 e. The largest absolute Gasteiger partial charge is 0.492 e. The summed E-state index contributed by atoms with van der Waals surface area (Å²) in [6.07, 6.45) is 2.67. The third-order valence-corrected chi connectivity index (χ3v) is 5.84. The number of hydrogen-bond donors (Lipinski definition) is 3. The molecule has 9 heteroatoms. The maximum absolute atomic E-state index is 13.2. The van der Waals surface area contributed by atoms with E-state index in [1.165, 1.54) is 14.2 Å². The van der Waals surface area contributed by atoms with Gasteiger partial charge in [0.1, 0.15) is 11.5 Å². The van der Waals surface area contributed by atoms with Gasteiger partial charge in [0.15, 0.2) is 5.75 Å². The van der Waals surface area contributed by atoms with Crippen LogP contribution in [0, 0.1) is 0 Å². The number of urea groups is 1. The van der Waals surface area contributed by atoms with Crippen LogP contribution in [0.4, 0.5) is 26.7 Å². The highest BCUT2D eigenvalue weighted by atomic mass is 16.5. The lowest BCUT2D eigenvalue weighted by molar-refractivity contribution is 0.187. The standard InChI is InChI=1S/C29H30N4O5/c1-29(2,3)18-16-23(26(36-4)24(17-18)33-28(35)37-5)32-27(34)31-22-10-11-25(21-9-7-6-8-20(21)22)38-19-12-14-30-15-13-19/h6-17H,1-5H3,(H,33,35)(H2,31,32,34). The number of anilines is 3. The Morgan fingerprint density at radius 1 is 0.789 bits per heavy atom. The van der Waals surface area contributed by atoms with Crippen molar-refractivity contribution in [2.75, 3.05) is 30.2 Å². The van der Waals surface area contributed by atoms with Crippen molar-refractivity contribution in [3.8, 4) is 17.2 Å². The summed E-state index contributed by atoms with van der Waals surface area (Å²) in [4.78, 5) is 29.2. The van der Waals surface area contributed by atoms with Crippen LogP contribution in [-0.2, 0) is 10.2 Å². The van der Waals surface area contributed by atoms with Crippen molar-refractivity contribution >= 4 is 40.0 Å². The highest BCUT2D eigenvalue weighted by Gasteiger charge is 2.22. The SMILES string of the molecule is COC(=O)Nc1cc(C(C)(C)C)cc(NC(=O)Nc2ccc(Oc3ccncc3)c3ccccc23)c1OC. The molecule has 0 unspecified atom stereocenters. The minimum atomic E-state index is -0.648. The van der Waals surface area contributed by atoms with Gasteiger partial charge in [-0.25, -0.2) is 9.59 Å². The number of aromatic nitrogens is 1. The van der Waals surface area contributed by atoms with Gasteiger partial charge in [0.05, 0.1) is 31.3 Å². The molecule has 0 aliphatic carbocycles. The second-order valence-electron chi connectivity index (χ2n) is 9.49. The van der Waals surface area contributed by atoms with E-state index in [0.717, 1.165) is 16.3 Å². The first-order chi connectivity index (χ1) is 18.2. The van der Waals surface area contributed by atoms with E-state index < -0.39 is 12.1 Å². The number of hydrogen-bond acceptors (Lipinski definition) is 6. The molecule has 4 rings (SSSR count). The van der Waals surface area contributed by atoms with Gasteiger partial charge in [0.2, 0.25) is 0 Å². The first-order valence-corrected chi connectivity index (χ1v) is 11.9. The van der Waals surface area contributed by atoms with Gasteiger partial charge in [-0.3, -0.25) is 10.3 Å². The molecule has 1 aromatic heterocycles. The topological polar surface area (TPSA) is 111 Å². The molecule has 0 bridgehead atoms. The summed E-state index contributed by atoms with van der Waals surface area (Å²) in [6, 6.07) is 17.9. The fourth-order valence-corrected chi connectivity index (χ4v) is 3.91. The van der Waals surface area contributed by atoms with E-state index in [9.17, 15) is 9.59 Å².